The first-order chi connectivity index (χ1) is 11.2. The lowest BCUT2D eigenvalue weighted by molar-refractivity contribution is 0.0951. The summed E-state index contributed by atoms with van der Waals surface area (Å²) in [4.78, 5) is 20.7. The number of hydrogen-bond acceptors (Lipinski definition) is 3. The van der Waals surface area contributed by atoms with Gasteiger partial charge in [0.2, 0.25) is 0 Å². The van der Waals surface area contributed by atoms with E-state index in [4.69, 9.17) is 11.6 Å². The van der Waals surface area contributed by atoms with Gasteiger partial charge in [-0.1, -0.05) is 54.1 Å². The number of rotatable bonds is 4. The van der Waals surface area contributed by atoms with E-state index in [2.05, 4.69) is 15.3 Å². The first kappa shape index (κ1) is 15.2. The second-order valence-electron chi connectivity index (χ2n) is 4.96. The molecule has 5 heteroatoms. The summed E-state index contributed by atoms with van der Waals surface area (Å²) < 4.78 is 0. The number of nitrogens with zero attached hydrogens (tertiary/aromatic N) is 2. The van der Waals surface area contributed by atoms with Crippen LogP contribution < -0.4 is 5.32 Å². The third-order valence-electron chi connectivity index (χ3n) is 3.37. The molecule has 0 radical (unpaired) electrons. The fourth-order valence-corrected chi connectivity index (χ4v) is 2.33. The van der Waals surface area contributed by atoms with Crippen molar-refractivity contribution in [2.24, 2.45) is 0 Å². The zero-order valence-electron chi connectivity index (χ0n) is 12.2. The molecule has 1 heterocycles. The Labute approximate surface area is 139 Å². The lowest BCUT2D eigenvalue weighted by atomic mass is 10.1. The molecule has 0 aliphatic heterocycles. The summed E-state index contributed by atoms with van der Waals surface area (Å²) in [5, 5.41) is 3.55. The molecule has 1 N–H and O–H groups in total. The topological polar surface area (TPSA) is 54.9 Å². The van der Waals surface area contributed by atoms with E-state index in [1.807, 2.05) is 42.5 Å². The van der Waals surface area contributed by atoms with Crippen molar-refractivity contribution in [3.05, 3.63) is 83.3 Å². The van der Waals surface area contributed by atoms with Gasteiger partial charge in [-0.3, -0.25) is 4.79 Å². The van der Waals surface area contributed by atoms with E-state index >= 15 is 0 Å². The average Bonchev–Trinajstić information content (AvgIpc) is 2.62. The van der Waals surface area contributed by atoms with Gasteiger partial charge in [0.25, 0.3) is 5.91 Å². The molecule has 114 valence electrons. The summed E-state index contributed by atoms with van der Waals surface area (Å²) in [6, 6.07) is 16.9. The largest absolute Gasteiger partial charge is 0.348 e. The molecule has 0 aliphatic carbocycles. The fraction of sp³-hybridized carbons (Fsp3) is 0.0556. The number of aromatic nitrogens is 2. The normalized spacial score (nSPS) is 10.3. The zero-order chi connectivity index (χ0) is 16.1. The molecule has 4 nitrogen and oxygen atoms in total. The highest BCUT2D eigenvalue weighted by atomic mass is 35.5. The van der Waals surface area contributed by atoms with Gasteiger partial charge < -0.3 is 5.32 Å². The van der Waals surface area contributed by atoms with Gasteiger partial charge in [0, 0.05) is 23.3 Å². The molecule has 0 aliphatic rings. The molecule has 2 aromatic carbocycles. The van der Waals surface area contributed by atoms with Gasteiger partial charge in [-0.05, 0) is 17.7 Å². The number of carbonyl (C=O) groups excluding carboxylic acids is 1. The lowest BCUT2D eigenvalue weighted by Gasteiger charge is -2.09. The molecule has 0 saturated heterocycles. The van der Waals surface area contributed by atoms with Crippen molar-refractivity contribution in [2.45, 2.75) is 6.54 Å². The van der Waals surface area contributed by atoms with E-state index in [1.165, 1.54) is 12.5 Å². The minimum atomic E-state index is -0.209. The maximum Gasteiger partial charge on any atom is 0.255 e. The fourth-order valence-electron chi connectivity index (χ4n) is 2.20. The maximum atomic E-state index is 12.5. The van der Waals surface area contributed by atoms with Crippen LogP contribution in [0.3, 0.4) is 0 Å². The molecule has 0 bridgehead atoms. The monoisotopic (exact) mass is 323 g/mol. The summed E-state index contributed by atoms with van der Waals surface area (Å²) in [5.74, 6) is -0.209. The van der Waals surface area contributed by atoms with Gasteiger partial charge in [-0.15, -0.1) is 0 Å². The number of carbonyl (C=O) groups is 1. The van der Waals surface area contributed by atoms with Crippen LogP contribution in [0.25, 0.3) is 11.3 Å². The number of hydrogen-bond donors (Lipinski definition) is 1. The van der Waals surface area contributed by atoms with Crippen LogP contribution in [0.1, 0.15) is 15.9 Å². The molecule has 0 saturated carbocycles. The van der Waals surface area contributed by atoms with E-state index in [9.17, 15) is 4.79 Å². The van der Waals surface area contributed by atoms with E-state index in [-0.39, 0.29) is 5.91 Å². The van der Waals surface area contributed by atoms with Crippen LogP contribution in [0.4, 0.5) is 0 Å². The van der Waals surface area contributed by atoms with Crippen molar-refractivity contribution in [2.75, 3.05) is 0 Å². The lowest BCUT2D eigenvalue weighted by Crippen LogP contribution is -2.24. The smallest absolute Gasteiger partial charge is 0.255 e. The summed E-state index contributed by atoms with van der Waals surface area (Å²) in [6.07, 6.45) is 2.98. The molecule has 0 fully saturated rings. The number of halogens is 1. The molecule has 0 atom stereocenters. The van der Waals surface area contributed by atoms with Crippen LogP contribution in [-0.2, 0) is 6.54 Å². The number of benzene rings is 2. The van der Waals surface area contributed by atoms with Gasteiger partial charge >= 0.3 is 0 Å². The van der Waals surface area contributed by atoms with Crippen molar-refractivity contribution < 1.29 is 4.79 Å². The first-order valence-electron chi connectivity index (χ1n) is 7.12. The van der Waals surface area contributed by atoms with Gasteiger partial charge in [0.05, 0.1) is 11.3 Å². The van der Waals surface area contributed by atoms with Crippen molar-refractivity contribution in [1.82, 2.24) is 15.3 Å². The highest BCUT2D eigenvalue weighted by molar-refractivity contribution is 6.30. The summed E-state index contributed by atoms with van der Waals surface area (Å²) in [6.45, 7) is 0.416. The van der Waals surface area contributed by atoms with Crippen LogP contribution in [0.2, 0.25) is 5.02 Å². The zero-order valence-corrected chi connectivity index (χ0v) is 13.0. The molecular formula is C18H14ClN3O. The van der Waals surface area contributed by atoms with Crippen LogP contribution in [0.5, 0.6) is 0 Å². The maximum absolute atomic E-state index is 12.5. The Morgan fingerprint density at radius 3 is 2.52 bits per heavy atom. The second-order valence-corrected chi connectivity index (χ2v) is 5.40. The molecule has 23 heavy (non-hydrogen) atoms. The highest BCUT2D eigenvalue weighted by Crippen LogP contribution is 2.20. The van der Waals surface area contributed by atoms with Gasteiger partial charge in [-0.2, -0.15) is 0 Å². The van der Waals surface area contributed by atoms with Gasteiger partial charge in [-0.25, -0.2) is 9.97 Å². The third-order valence-corrected chi connectivity index (χ3v) is 3.62. The average molecular weight is 324 g/mol. The SMILES string of the molecule is O=C(NCc1ccc(Cl)cc1)c1cncnc1-c1ccccc1. The van der Waals surface area contributed by atoms with Crippen molar-refractivity contribution in [3.8, 4) is 11.3 Å². The molecule has 3 rings (SSSR count). The van der Waals surface area contributed by atoms with Gasteiger partial charge in [0.1, 0.15) is 6.33 Å². The Morgan fingerprint density at radius 2 is 1.78 bits per heavy atom. The Balaban J connectivity index is 1.79. The number of nitrogens with one attached hydrogen (secondary N) is 1. The minimum Gasteiger partial charge on any atom is -0.348 e. The first-order valence-corrected chi connectivity index (χ1v) is 7.50. The van der Waals surface area contributed by atoms with Crippen molar-refractivity contribution in [3.63, 3.8) is 0 Å². The van der Waals surface area contributed by atoms with Crippen molar-refractivity contribution >= 4 is 17.5 Å². The Hall–Kier alpha value is -2.72. The summed E-state index contributed by atoms with van der Waals surface area (Å²) in [7, 11) is 0. The van der Waals surface area contributed by atoms with Crippen LogP contribution in [-0.4, -0.2) is 15.9 Å². The Bertz CT molecular complexity index is 804. The third kappa shape index (κ3) is 3.73. The van der Waals surface area contributed by atoms with Crippen LogP contribution in [0, 0.1) is 0 Å². The predicted octanol–water partition coefficient (Wildman–Crippen LogP) is 3.73. The quantitative estimate of drug-likeness (QED) is 0.796. The summed E-state index contributed by atoms with van der Waals surface area (Å²) in [5.41, 5.74) is 2.93. The van der Waals surface area contributed by atoms with E-state index < -0.39 is 0 Å². The Kier molecular flexibility index (Phi) is 4.64. The molecule has 1 amide bonds. The van der Waals surface area contributed by atoms with Gasteiger partial charge in [0.15, 0.2) is 0 Å². The molecule has 0 unspecified atom stereocenters. The molecule has 0 spiro atoms. The van der Waals surface area contributed by atoms with Crippen molar-refractivity contribution in [1.29, 1.82) is 0 Å². The van der Waals surface area contributed by atoms with Crippen LogP contribution >= 0.6 is 11.6 Å². The van der Waals surface area contributed by atoms with E-state index in [0.29, 0.717) is 22.8 Å². The molecule has 3 aromatic rings. The predicted molar refractivity (Wildman–Crippen MR) is 90.1 cm³/mol. The molecular weight excluding hydrogens is 310 g/mol. The van der Waals surface area contributed by atoms with Crippen LogP contribution in [0.15, 0.2) is 67.1 Å². The Morgan fingerprint density at radius 1 is 1.04 bits per heavy atom. The summed E-state index contributed by atoms with van der Waals surface area (Å²) >= 11 is 5.86. The van der Waals surface area contributed by atoms with E-state index in [1.54, 1.807) is 12.1 Å². The second kappa shape index (κ2) is 7.03. The number of amides is 1. The highest BCUT2D eigenvalue weighted by Gasteiger charge is 2.14. The minimum absolute atomic E-state index is 0.209. The molecule has 1 aromatic heterocycles. The standard InChI is InChI=1S/C18H14ClN3O/c19-15-8-6-13(7-9-15)10-21-18(23)16-11-20-12-22-17(16)14-4-2-1-3-5-14/h1-9,11-12H,10H2,(H,21,23). The van der Waals surface area contributed by atoms with E-state index in [0.717, 1.165) is 11.1 Å².